The third-order valence-electron chi connectivity index (χ3n) is 2.32. The minimum absolute atomic E-state index is 0.701. The van der Waals surface area contributed by atoms with Gasteiger partial charge in [-0.05, 0) is 62.5 Å². The topological polar surface area (TPSA) is 30.5 Å². The van der Waals surface area contributed by atoms with E-state index < -0.39 is 0 Å². The third kappa shape index (κ3) is 5.00. The van der Waals surface area contributed by atoms with Crippen molar-refractivity contribution in [2.75, 3.05) is 20.3 Å². The van der Waals surface area contributed by atoms with E-state index >= 15 is 0 Å². The lowest BCUT2D eigenvalue weighted by Gasteiger charge is -2.10. The van der Waals surface area contributed by atoms with Crippen molar-refractivity contribution in [1.82, 2.24) is 5.32 Å². The van der Waals surface area contributed by atoms with Gasteiger partial charge in [-0.15, -0.1) is 0 Å². The first-order valence-corrected chi connectivity index (χ1v) is 7.22. The largest absolute Gasteiger partial charge is 0.502 e. The predicted molar refractivity (Wildman–Crippen MR) is 80.9 cm³/mol. The van der Waals surface area contributed by atoms with E-state index in [9.17, 15) is 0 Å². The second-order valence-corrected chi connectivity index (χ2v) is 5.37. The highest BCUT2D eigenvalue weighted by Crippen LogP contribution is 2.34. The molecule has 1 aromatic rings. The van der Waals surface area contributed by atoms with E-state index in [-0.39, 0.29) is 0 Å². The van der Waals surface area contributed by atoms with Gasteiger partial charge in [-0.3, -0.25) is 0 Å². The van der Waals surface area contributed by atoms with Gasteiger partial charge >= 0.3 is 0 Å². The molecule has 0 heterocycles. The van der Waals surface area contributed by atoms with Crippen LogP contribution < -0.4 is 10.1 Å². The molecule has 0 amide bonds. The molecule has 1 N–H and O–H groups in total. The first-order valence-electron chi connectivity index (χ1n) is 5.64. The number of halogens is 2. The van der Waals surface area contributed by atoms with Crippen molar-refractivity contribution in [2.45, 2.75) is 13.0 Å². The molecular weight excluding hydrogens is 362 g/mol. The van der Waals surface area contributed by atoms with Crippen LogP contribution in [0.5, 0.6) is 5.75 Å². The molecule has 0 unspecified atom stereocenters. The van der Waals surface area contributed by atoms with Crippen molar-refractivity contribution in [3.8, 4) is 5.75 Å². The highest BCUT2D eigenvalue weighted by atomic mass is 79.9. The van der Waals surface area contributed by atoms with Crippen molar-refractivity contribution in [2.24, 2.45) is 0 Å². The van der Waals surface area contributed by atoms with Gasteiger partial charge in [0.15, 0.2) is 0 Å². The Kier molecular flexibility index (Phi) is 7.39. The van der Waals surface area contributed by atoms with Crippen molar-refractivity contribution in [1.29, 1.82) is 0 Å². The Hall–Kier alpha value is -0.520. The lowest BCUT2D eigenvalue weighted by molar-refractivity contribution is 0.244. The van der Waals surface area contributed by atoms with Crippen LogP contribution in [0.4, 0.5) is 0 Å². The van der Waals surface area contributed by atoms with Crippen molar-refractivity contribution >= 4 is 31.9 Å². The molecule has 100 valence electrons. The van der Waals surface area contributed by atoms with Gasteiger partial charge in [0.25, 0.3) is 0 Å². The molecule has 5 heteroatoms. The maximum absolute atomic E-state index is 5.26. The van der Waals surface area contributed by atoms with Crippen LogP contribution in [0.2, 0.25) is 0 Å². The molecule has 0 fully saturated rings. The standard InChI is InChI=1S/C13H17Br2NO2/c1-3-18-6-4-5-16-9-10-7-11(14)13(17-2)12(15)8-10/h3,7-8,16H,1,4-6,9H2,2H3. The second-order valence-electron chi connectivity index (χ2n) is 3.66. The van der Waals surface area contributed by atoms with E-state index in [1.165, 1.54) is 11.8 Å². The van der Waals surface area contributed by atoms with E-state index in [1.807, 2.05) is 0 Å². The average Bonchev–Trinajstić information content (AvgIpc) is 2.33. The van der Waals surface area contributed by atoms with Gasteiger partial charge < -0.3 is 14.8 Å². The van der Waals surface area contributed by atoms with Gasteiger partial charge in [0.05, 0.1) is 28.9 Å². The number of methoxy groups -OCH3 is 1. The van der Waals surface area contributed by atoms with E-state index in [2.05, 4.69) is 55.9 Å². The lowest BCUT2D eigenvalue weighted by atomic mass is 10.2. The summed E-state index contributed by atoms with van der Waals surface area (Å²) in [5.74, 6) is 0.818. The molecule has 0 atom stereocenters. The van der Waals surface area contributed by atoms with Gasteiger partial charge in [0.2, 0.25) is 0 Å². The normalized spacial score (nSPS) is 10.2. The van der Waals surface area contributed by atoms with Crippen LogP contribution in [0.3, 0.4) is 0 Å². The van der Waals surface area contributed by atoms with Crippen molar-refractivity contribution in [3.63, 3.8) is 0 Å². The number of hydrogen-bond donors (Lipinski definition) is 1. The number of benzene rings is 1. The fourth-order valence-electron chi connectivity index (χ4n) is 1.51. The number of hydrogen-bond acceptors (Lipinski definition) is 3. The van der Waals surface area contributed by atoms with E-state index in [1.54, 1.807) is 7.11 Å². The first-order chi connectivity index (χ1) is 8.69. The second kappa shape index (κ2) is 8.56. The summed E-state index contributed by atoms with van der Waals surface area (Å²) in [7, 11) is 1.66. The van der Waals surface area contributed by atoms with Crippen LogP contribution in [0.25, 0.3) is 0 Å². The van der Waals surface area contributed by atoms with Gasteiger partial charge in [0, 0.05) is 6.54 Å². The molecule has 3 nitrogen and oxygen atoms in total. The Balaban J connectivity index is 2.41. The highest BCUT2D eigenvalue weighted by Gasteiger charge is 2.07. The molecule has 1 rings (SSSR count). The molecule has 0 aliphatic carbocycles. The van der Waals surface area contributed by atoms with Crippen LogP contribution in [0, 0.1) is 0 Å². The van der Waals surface area contributed by atoms with Crippen LogP contribution in [-0.2, 0) is 11.3 Å². The monoisotopic (exact) mass is 377 g/mol. The van der Waals surface area contributed by atoms with Gasteiger partial charge in [0.1, 0.15) is 5.75 Å². The van der Waals surface area contributed by atoms with Crippen LogP contribution in [-0.4, -0.2) is 20.3 Å². The summed E-state index contributed by atoms with van der Waals surface area (Å²) in [6, 6.07) is 4.10. The van der Waals surface area contributed by atoms with Gasteiger partial charge in [-0.2, -0.15) is 0 Å². The van der Waals surface area contributed by atoms with Gasteiger partial charge in [-0.1, -0.05) is 6.58 Å². The molecule has 0 saturated carbocycles. The zero-order valence-corrected chi connectivity index (χ0v) is 13.5. The molecule has 0 aliphatic rings. The Morgan fingerprint density at radius 1 is 1.33 bits per heavy atom. The fourth-order valence-corrected chi connectivity index (χ4v) is 3.11. The van der Waals surface area contributed by atoms with Gasteiger partial charge in [-0.25, -0.2) is 0 Å². The Morgan fingerprint density at radius 2 is 2.00 bits per heavy atom. The number of nitrogens with one attached hydrogen (secondary N) is 1. The first kappa shape index (κ1) is 15.5. The minimum atomic E-state index is 0.701. The zero-order valence-electron chi connectivity index (χ0n) is 10.3. The molecule has 18 heavy (non-hydrogen) atoms. The molecule has 0 bridgehead atoms. The lowest BCUT2D eigenvalue weighted by Crippen LogP contribution is -2.16. The molecule has 0 aromatic heterocycles. The fraction of sp³-hybridized carbons (Fsp3) is 0.385. The maximum atomic E-state index is 5.26. The summed E-state index contributed by atoms with van der Waals surface area (Å²) in [5.41, 5.74) is 1.19. The minimum Gasteiger partial charge on any atom is -0.502 e. The van der Waals surface area contributed by atoms with E-state index in [4.69, 9.17) is 9.47 Å². The molecular formula is C13H17Br2NO2. The summed E-state index contributed by atoms with van der Waals surface area (Å²) in [5, 5.41) is 3.36. The maximum Gasteiger partial charge on any atom is 0.147 e. The Labute approximate surface area is 125 Å². The van der Waals surface area contributed by atoms with Crippen molar-refractivity contribution in [3.05, 3.63) is 39.5 Å². The van der Waals surface area contributed by atoms with E-state index in [0.29, 0.717) is 6.61 Å². The van der Waals surface area contributed by atoms with E-state index in [0.717, 1.165) is 34.2 Å². The quantitative estimate of drug-likeness (QED) is 0.550. The third-order valence-corrected chi connectivity index (χ3v) is 3.50. The van der Waals surface area contributed by atoms with Crippen LogP contribution in [0.1, 0.15) is 12.0 Å². The SMILES string of the molecule is C=COCCCNCc1cc(Br)c(OC)c(Br)c1. The summed E-state index contributed by atoms with van der Waals surface area (Å²) >= 11 is 6.97. The van der Waals surface area contributed by atoms with Crippen molar-refractivity contribution < 1.29 is 9.47 Å². The predicted octanol–water partition coefficient (Wildman–Crippen LogP) is 3.86. The van der Waals surface area contributed by atoms with Crippen LogP contribution in [0.15, 0.2) is 33.9 Å². The summed E-state index contributed by atoms with van der Waals surface area (Å²) in [6.45, 7) is 5.92. The smallest absolute Gasteiger partial charge is 0.147 e. The summed E-state index contributed by atoms with van der Waals surface area (Å²) < 4.78 is 12.2. The molecule has 1 aromatic carbocycles. The Morgan fingerprint density at radius 3 is 2.56 bits per heavy atom. The molecule has 0 radical (unpaired) electrons. The molecule has 0 spiro atoms. The zero-order chi connectivity index (χ0) is 13.4. The Bertz CT molecular complexity index is 374. The highest BCUT2D eigenvalue weighted by molar-refractivity contribution is 9.11. The number of ether oxygens (including phenoxy) is 2. The summed E-state index contributed by atoms with van der Waals surface area (Å²) in [4.78, 5) is 0. The molecule has 0 aliphatic heterocycles. The molecule has 0 saturated heterocycles. The summed E-state index contributed by atoms with van der Waals surface area (Å²) in [6.07, 6.45) is 2.43. The van der Waals surface area contributed by atoms with Crippen LogP contribution >= 0.6 is 31.9 Å². The number of rotatable bonds is 8. The average molecular weight is 379 g/mol.